The topological polar surface area (TPSA) is 107 Å². The van der Waals surface area contributed by atoms with Crippen LogP contribution in [0.4, 0.5) is 0 Å². The summed E-state index contributed by atoms with van der Waals surface area (Å²) in [6.45, 7) is 7.84. The van der Waals surface area contributed by atoms with Gasteiger partial charge in [0.1, 0.15) is 12.2 Å². The average molecular weight is 447 g/mol. The van der Waals surface area contributed by atoms with Gasteiger partial charge in [0.05, 0.1) is 6.42 Å². The summed E-state index contributed by atoms with van der Waals surface area (Å²) in [4.78, 5) is 24.5. The van der Waals surface area contributed by atoms with Crippen LogP contribution in [0.15, 0.2) is 0 Å². The van der Waals surface area contributed by atoms with Gasteiger partial charge in [0.25, 0.3) is 10.1 Å². The number of hydrogen-bond donors (Lipinski definition) is 1. The van der Waals surface area contributed by atoms with Crippen LogP contribution < -0.4 is 0 Å². The molecule has 7 nitrogen and oxygen atoms in total. The molecule has 0 saturated heterocycles. The molecule has 1 N–H and O–H groups in total. The fraction of sp³-hybridized carbons (Fsp3) is 0.900. The van der Waals surface area contributed by atoms with Crippen molar-refractivity contribution >= 4 is 51.6 Å². The molecule has 0 aliphatic heterocycles. The molecule has 3 atom stereocenters. The first-order chi connectivity index (χ1) is 13.2. The number of esters is 2. The molecule has 0 saturated carbocycles. The zero-order chi connectivity index (χ0) is 21.6. The number of hydrogen-bond acceptors (Lipinski definition) is 6. The molecule has 0 radical (unpaired) electrons. The Hall–Kier alpha value is -0.150. The van der Waals surface area contributed by atoms with E-state index in [4.69, 9.17) is 9.47 Å². The van der Waals surface area contributed by atoms with Crippen LogP contribution in [0.1, 0.15) is 98.3 Å². The molecule has 0 aromatic heterocycles. The van der Waals surface area contributed by atoms with Crippen LogP contribution in [-0.4, -0.2) is 71.9 Å². The first kappa shape index (κ1) is 31.0. The van der Waals surface area contributed by atoms with Gasteiger partial charge in [0, 0.05) is 0 Å². The van der Waals surface area contributed by atoms with E-state index in [2.05, 4.69) is 13.8 Å². The Balaban J connectivity index is 0. The van der Waals surface area contributed by atoms with E-state index in [1.165, 1.54) is 0 Å². The normalized spacial score (nSPS) is 14.4. The van der Waals surface area contributed by atoms with Crippen molar-refractivity contribution in [3.8, 4) is 0 Å². The minimum absolute atomic E-state index is 0. The summed E-state index contributed by atoms with van der Waals surface area (Å²) in [6, 6.07) is 0. The molecule has 0 aromatic rings. The van der Waals surface area contributed by atoms with E-state index in [0.717, 1.165) is 38.5 Å². The second-order valence-corrected chi connectivity index (χ2v) is 8.79. The molecule has 0 heterocycles. The van der Waals surface area contributed by atoms with Gasteiger partial charge >= 0.3 is 41.5 Å². The van der Waals surface area contributed by atoms with E-state index >= 15 is 0 Å². The van der Waals surface area contributed by atoms with E-state index in [1.54, 1.807) is 0 Å². The number of ether oxygens (including phenoxy) is 2. The molecule has 0 aliphatic rings. The molecule has 0 fully saturated rings. The second-order valence-electron chi connectivity index (χ2n) is 7.19. The zero-order valence-electron chi connectivity index (χ0n) is 17.8. The third-order valence-corrected chi connectivity index (χ3v) is 5.80. The minimum atomic E-state index is -4.78. The summed E-state index contributed by atoms with van der Waals surface area (Å²) in [7, 11) is -4.78. The Morgan fingerprint density at radius 2 is 1.28 bits per heavy atom. The van der Waals surface area contributed by atoms with Crippen molar-refractivity contribution in [3.05, 3.63) is 0 Å². The van der Waals surface area contributed by atoms with Crippen LogP contribution >= 0.6 is 0 Å². The standard InChI is InChI=1S/C20H38O7S.Na.H/c1-5-9-11-13-16(7-3)26-19(21)15-18(28(23,24)25)20(22)27-17(8-4)14-12-10-6-2;;/h16-18H,5-15H2,1-4H3,(H,23,24,25);;. The second kappa shape index (κ2) is 17.5. The van der Waals surface area contributed by atoms with Crippen molar-refractivity contribution in [3.63, 3.8) is 0 Å². The molecular weight excluding hydrogens is 407 g/mol. The Kier molecular flexibility index (Phi) is 18.8. The maximum absolute atomic E-state index is 12.3. The molecule has 29 heavy (non-hydrogen) atoms. The fourth-order valence-electron chi connectivity index (χ4n) is 2.87. The quantitative estimate of drug-likeness (QED) is 0.166. The van der Waals surface area contributed by atoms with Crippen LogP contribution in [-0.2, 0) is 29.2 Å². The molecule has 0 amide bonds. The summed E-state index contributed by atoms with van der Waals surface area (Å²) < 4.78 is 43.3. The van der Waals surface area contributed by atoms with Gasteiger partial charge in [-0.25, -0.2) is 0 Å². The Morgan fingerprint density at radius 3 is 1.66 bits per heavy atom. The molecule has 168 valence electrons. The van der Waals surface area contributed by atoms with Crippen LogP contribution in [0.5, 0.6) is 0 Å². The van der Waals surface area contributed by atoms with Gasteiger partial charge in [-0.2, -0.15) is 8.42 Å². The molecule has 0 aromatic carbocycles. The first-order valence-corrected chi connectivity index (χ1v) is 12.1. The summed E-state index contributed by atoms with van der Waals surface area (Å²) in [5, 5.41) is -1.95. The van der Waals surface area contributed by atoms with Crippen molar-refractivity contribution in [1.29, 1.82) is 0 Å². The molecule has 0 spiro atoms. The molecule has 0 aliphatic carbocycles. The van der Waals surface area contributed by atoms with Crippen molar-refractivity contribution in [1.82, 2.24) is 0 Å². The summed E-state index contributed by atoms with van der Waals surface area (Å²) in [5.41, 5.74) is 0. The Labute approximate surface area is 198 Å². The number of unbranched alkanes of at least 4 members (excludes halogenated alkanes) is 4. The van der Waals surface area contributed by atoms with E-state index in [1.807, 2.05) is 13.8 Å². The third-order valence-electron chi connectivity index (χ3n) is 4.73. The summed E-state index contributed by atoms with van der Waals surface area (Å²) in [5.74, 6) is -1.91. The maximum atomic E-state index is 12.3. The van der Waals surface area contributed by atoms with Crippen molar-refractivity contribution < 1.29 is 32.0 Å². The molecule has 0 bridgehead atoms. The van der Waals surface area contributed by atoms with Gasteiger partial charge in [0.2, 0.25) is 0 Å². The number of carbonyl (C=O) groups excluding carboxylic acids is 2. The zero-order valence-corrected chi connectivity index (χ0v) is 18.6. The Morgan fingerprint density at radius 1 is 0.828 bits per heavy atom. The van der Waals surface area contributed by atoms with Crippen LogP contribution in [0.3, 0.4) is 0 Å². The van der Waals surface area contributed by atoms with Gasteiger partial charge in [-0.15, -0.1) is 0 Å². The van der Waals surface area contributed by atoms with Gasteiger partial charge in [-0.05, 0) is 38.5 Å². The molecule has 9 heteroatoms. The fourth-order valence-corrected chi connectivity index (χ4v) is 3.52. The van der Waals surface area contributed by atoms with Gasteiger partial charge < -0.3 is 9.47 Å². The number of carbonyl (C=O) groups is 2. The van der Waals surface area contributed by atoms with E-state index in [9.17, 15) is 22.6 Å². The van der Waals surface area contributed by atoms with Crippen molar-refractivity contribution in [2.45, 2.75) is 116 Å². The van der Waals surface area contributed by atoms with E-state index in [-0.39, 0.29) is 35.7 Å². The number of rotatable bonds is 16. The molecular formula is C20H39NaO7S. The van der Waals surface area contributed by atoms with Crippen molar-refractivity contribution in [2.24, 2.45) is 0 Å². The van der Waals surface area contributed by atoms with Gasteiger partial charge in [-0.3, -0.25) is 14.1 Å². The molecule has 3 unspecified atom stereocenters. The van der Waals surface area contributed by atoms with Gasteiger partial charge in [0.15, 0.2) is 5.25 Å². The Bertz CT molecular complexity index is 551. The molecule has 0 rings (SSSR count). The summed E-state index contributed by atoms with van der Waals surface area (Å²) >= 11 is 0. The third kappa shape index (κ3) is 14.5. The SMILES string of the molecule is CCCCCC(CC)OC(=O)CC(C(=O)OC(CC)CCCCC)S(=O)(=O)O.[NaH]. The first-order valence-electron chi connectivity index (χ1n) is 10.6. The summed E-state index contributed by atoms with van der Waals surface area (Å²) in [6.07, 6.45) is 6.76. The predicted molar refractivity (Wildman–Crippen MR) is 116 cm³/mol. The van der Waals surface area contributed by atoms with Gasteiger partial charge in [-0.1, -0.05) is 53.4 Å². The monoisotopic (exact) mass is 446 g/mol. The van der Waals surface area contributed by atoms with Crippen LogP contribution in [0.25, 0.3) is 0 Å². The van der Waals surface area contributed by atoms with Crippen LogP contribution in [0, 0.1) is 0 Å². The average Bonchev–Trinajstić information content (AvgIpc) is 2.63. The van der Waals surface area contributed by atoms with Crippen LogP contribution in [0.2, 0.25) is 0 Å². The van der Waals surface area contributed by atoms with Crippen molar-refractivity contribution in [2.75, 3.05) is 0 Å². The van der Waals surface area contributed by atoms with E-state index in [0.29, 0.717) is 25.7 Å². The van der Waals surface area contributed by atoms with E-state index < -0.39 is 39.8 Å². The predicted octanol–water partition coefficient (Wildman–Crippen LogP) is 3.79.